The highest BCUT2D eigenvalue weighted by Crippen LogP contribution is 2.28. The van der Waals surface area contributed by atoms with Crippen molar-refractivity contribution in [1.29, 1.82) is 0 Å². The molecule has 138 valence electrons. The quantitative estimate of drug-likeness (QED) is 0.666. The molecule has 6 heteroatoms. The van der Waals surface area contributed by atoms with Crippen LogP contribution >= 0.6 is 11.8 Å². The van der Waals surface area contributed by atoms with Gasteiger partial charge >= 0.3 is 0 Å². The Morgan fingerprint density at radius 3 is 2.37 bits per heavy atom. The predicted octanol–water partition coefficient (Wildman–Crippen LogP) is 4.18. The number of hydrogen-bond acceptors (Lipinski definition) is 5. The van der Waals surface area contributed by atoms with E-state index in [-0.39, 0.29) is 5.91 Å². The van der Waals surface area contributed by atoms with Crippen molar-refractivity contribution in [3.8, 4) is 11.5 Å². The van der Waals surface area contributed by atoms with Crippen LogP contribution in [0.3, 0.4) is 0 Å². The molecule has 0 aliphatic heterocycles. The number of rotatable bonds is 7. The average Bonchev–Trinajstić information content (AvgIpc) is 2.72. The zero-order valence-electron chi connectivity index (χ0n) is 15.1. The number of nitrogens with one attached hydrogen (secondary N) is 1. The van der Waals surface area contributed by atoms with Crippen LogP contribution in [0.5, 0.6) is 11.5 Å². The first-order valence-corrected chi connectivity index (χ1v) is 9.19. The topological polar surface area (TPSA) is 60.5 Å². The van der Waals surface area contributed by atoms with Crippen LogP contribution in [0.15, 0.2) is 76.8 Å². The van der Waals surface area contributed by atoms with E-state index in [1.54, 1.807) is 38.6 Å². The second-order valence-corrected chi connectivity index (χ2v) is 6.74. The summed E-state index contributed by atoms with van der Waals surface area (Å²) in [6, 6.07) is 18.9. The molecule has 0 saturated heterocycles. The van der Waals surface area contributed by atoms with Crippen molar-refractivity contribution in [3.05, 3.63) is 78.0 Å². The van der Waals surface area contributed by atoms with Crippen molar-refractivity contribution >= 4 is 17.7 Å². The van der Waals surface area contributed by atoms with Crippen LogP contribution in [-0.2, 0) is 6.54 Å². The molecule has 0 spiro atoms. The maximum Gasteiger partial charge on any atom is 0.254 e. The zero-order chi connectivity index (χ0) is 19.1. The van der Waals surface area contributed by atoms with Crippen LogP contribution < -0.4 is 14.8 Å². The molecule has 0 radical (unpaired) electrons. The number of aromatic nitrogens is 1. The van der Waals surface area contributed by atoms with E-state index in [4.69, 9.17) is 9.47 Å². The molecule has 0 saturated carbocycles. The fraction of sp³-hybridized carbons (Fsp3) is 0.143. The standard InChI is InChI=1S/C21H20N2O3S/c1-25-16-11-15(12-17(13-16)26-2)14-23-20(24)19-9-6-10-22-21(19)27-18-7-4-3-5-8-18/h3-13H,14H2,1-2H3,(H,23,24). The van der Waals surface area contributed by atoms with E-state index >= 15 is 0 Å². The normalized spacial score (nSPS) is 10.3. The number of carbonyl (C=O) groups excluding carboxylic acids is 1. The summed E-state index contributed by atoms with van der Waals surface area (Å²) in [5.41, 5.74) is 1.43. The van der Waals surface area contributed by atoms with Gasteiger partial charge in [-0.3, -0.25) is 4.79 Å². The number of methoxy groups -OCH3 is 2. The Balaban J connectivity index is 1.73. The molecule has 0 atom stereocenters. The molecule has 1 aromatic heterocycles. The molecule has 1 heterocycles. The summed E-state index contributed by atoms with van der Waals surface area (Å²) in [5.74, 6) is 1.18. The molecule has 3 aromatic rings. The van der Waals surface area contributed by atoms with E-state index in [0.29, 0.717) is 28.6 Å². The van der Waals surface area contributed by atoms with Crippen LogP contribution in [0.1, 0.15) is 15.9 Å². The van der Waals surface area contributed by atoms with E-state index in [1.807, 2.05) is 42.5 Å². The lowest BCUT2D eigenvalue weighted by molar-refractivity contribution is 0.0947. The van der Waals surface area contributed by atoms with Crippen LogP contribution in [-0.4, -0.2) is 25.1 Å². The fourth-order valence-electron chi connectivity index (χ4n) is 2.49. The number of ether oxygens (including phenoxy) is 2. The molecule has 2 aromatic carbocycles. The van der Waals surface area contributed by atoms with Gasteiger partial charge in [-0.25, -0.2) is 4.98 Å². The summed E-state index contributed by atoms with van der Waals surface area (Å²) < 4.78 is 10.5. The van der Waals surface area contributed by atoms with E-state index < -0.39 is 0 Å². The Kier molecular flexibility index (Phi) is 6.33. The van der Waals surface area contributed by atoms with Gasteiger partial charge in [0.25, 0.3) is 5.91 Å². The molecule has 1 N–H and O–H groups in total. The predicted molar refractivity (Wildman–Crippen MR) is 106 cm³/mol. The largest absolute Gasteiger partial charge is 0.497 e. The van der Waals surface area contributed by atoms with Crippen LogP contribution in [0.4, 0.5) is 0 Å². The molecule has 0 fully saturated rings. The van der Waals surface area contributed by atoms with Crippen molar-refractivity contribution in [2.24, 2.45) is 0 Å². The van der Waals surface area contributed by atoms with Crippen molar-refractivity contribution in [2.45, 2.75) is 16.5 Å². The van der Waals surface area contributed by atoms with Crippen molar-refractivity contribution < 1.29 is 14.3 Å². The molecule has 0 unspecified atom stereocenters. The summed E-state index contributed by atoms with van der Waals surface area (Å²) >= 11 is 1.46. The van der Waals surface area contributed by atoms with Gasteiger partial charge in [0.05, 0.1) is 19.8 Å². The highest BCUT2D eigenvalue weighted by atomic mass is 32.2. The van der Waals surface area contributed by atoms with Crippen LogP contribution in [0.2, 0.25) is 0 Å². The van der Waals surface area contributed by atoms with Gasteiger partial charge in [0.15, 0.2) is 0 Å². The molecule has 27 heavy (non-hydrogen) atoms. The van der Waals surface area contributed by atoms with Gasteiger partial charge in [0, 0.05) is 23.7 Å². The van der Waals surface area contributed by atoms with E-state index in [1.165, 1.54) is 11.8 Å². The van der Waals surface area contributed by atoms with Gasteiger partial charge < -0.3 is 14.8 Å². The number of benzene rings is 2. The Bertz CT molecular complexity index is 894. The lowest BCUT2D eigenvalue weighted by Crippen LogP contribution is -2.23. The zero-order valence-corrected chi connectivity index (χ0v) is 16.0. The maximum atomic E-state index is 12.7. The first-order valence-electron chi connectivity index (χ1n) is 8.37. The Labute approximate surface area is 162 Å². The number of hydrogen-bond donors (Lipinski definition) is 1. The van der Waals surface area contributed by atoms with Crippen molar-refractivity contribution in [3.63, 3.8) is 0 Å². The van der Waals surface area contributed by atoms with Gasteiger partial charge in [-0.15, -0.1) is 0 Å². The molecule has 0 aliphatic carbocycles. The van der Waals surface area contributed by atoms with E-state index in [0.717, 1.165) is 10.5 Å². The number of carbonyl (C=O) groups is 1. The van der Waals surface area contributed by atoms with Crippen molar-refractivity contribution in [1.82, 2.24) is 10.3 Å². The molecule has 5 nitrogen and oxygen atoms in total. The third-order valence-electron chi connectivity index (χ3n) is 3.84. The summed E-state index contributed by atoms with van der Waals surface area (Å²) in [4.78, 5) is 18.1. The van der Waals surface area contributed by atoms with Gasteiger partial charge in [-0.1, -0.05) is 30.0 Å². The summed E-state index contributed by atoms with van der Waals surface area (Å²) in [7, 11) is 3.19. The molecule has 3 rings (SSSR count). The second kappa shape index (κ2) is 9.09. The second-order valence-electron chi connectivity index (χ2n) is 5.67. The summed E-state index contributed by atoms with van der Waals surface area (Å²) in [5, 5.41) is 3.61. The van der Waals surface area contributed by atoms with Crippen LogP contribution in [0.25, 0.3) is 0 Å². The molecular formula is C21H20N2O3S. The lowest BCUT2D eigenvalue weighted by atomic mass is 10.2. The number of amides is 1. The van der Waals surface area contributed by atoms with Crippen molar-refractivity contribution in [2.75, 3.05) is 14.2 Å². The third-order valence-corrected chi connectivity index (χ3v) is 4.86. The Hall–Kier alpha value is -2.99. The SMILES string of the molecule is COc1cc(CNC(=O)c2cccnc2Sc2ccccc2)cc(OC)c1. The van der Waals surface area contributed by atoms with E-state index in [2.05, 4.69) is 10.3 Å². The van der Waals surface area contributed by atoms with E-state index in [9.17, 15) is 4.79 Å². The molecule has 0 aliphatic rings. The fourth-order valence-corrected chi connectivity index (χ4v) is 3.39. The molecule has 0 bridgehead atoms. The minimum absolute atomic E-state index is 0.177. The first kappa shape index (κ1) is 18.8. The summed E-state index contributed by atoms with van der Waals surface area (Å²) in [6.07, 6.45) is 1.69. The monoisotopic (exact) mass is 380 g/mol. The highest BCUT2D eigenvalue weighted by molar-refractivity contribution is 7.99. The minimum atomic E-state index is -0.177. The molecule has 1 amide bonds. The smallest absolute Gasteiger partial charge is 0.254 e. The molecular weight excluding hydrogens is 360 g/mol. The minimum Gasteiger partial charge on any atom is -0.497 e. The average molecular weight is 380 g/mol. The Morgan fingerprint density at radius 1 is 1.00 bits per heavy atom. The third kappa shape index (κ3) is 5.01. The lowest BCUT2D eigenvalue weighted by Gasteiger charge is -2.11. The van der Waals surface area contributed by atoms with Gasteiger partial charge in [0.2, 0.25) is 0 Å². The number of pyridine rings is 1. The Morgan fingerprint density at radius 2 is 1.70 bits per heavy atom. The highest BCUT2D eigenvalue weighted by Gasteiger charge is 2.13. The number of nitrogens with zero attached hydrogens (tertiary/aromatic N) is 1. The van der Waals surface area contributed by atoms with Gasteiger partial charge in [0.1, 0.15) is 16.5 Å². The first-order chi connectivity index (χ1) is 13.2. The van der Waals surface area contributed by atoms with Gasteiger partial charge in [-0.2, -0.15) is 0 Å². The summed E-state index contributed by atoms with van der Waals surface area (Å²) in [6.45, 7) is 0.358. The van der Waals surface area contributed by atoms with Gasteiger partial charge in [-0.05, 0) is 42.0 Å². The maximum absolute atomic E-state index is 12.7. The van der Waals surface area contributed by atoms with Crippen LogP contribution in [0, 0.1) is 0 Å².